The first kappa shape index (κ1) is 74.8. The van der Waals surface area contributed by atoms with Crippen LogP contribution in [0.25, 0.3) is 112 Å². The Bertz CT molecular complexity index is 6800. The van der Waals surface area contributed by atoms with Crippen LogP contribution in [0.2, 0.25) is 0 Å². The summed E-state index contributed by atoms with van der Waals surface area (Å²) in [6.07, 6.45) is 7.21. The van der Waals surface area contributed by atoms with Gasteiger partial charge in [-0.1, -0.05) is 307 Å². The zero-order valence-electron chi connectivity index (χ0n) is 69.6. The first-order chi connectivity index (χ1) is 59.9. The van der Waals surface area contributed by atoms with E-state index in [1.165, 1.54) is 0 Å². The van der Waals surface area contributed by atoms with E-state index < -0.39 is 12.1 Å². The van der Waals surface area contributed by atoms with E-state index in [-0.39, 0.29) is 11.6 Å². The van der Waals surface area contributed by atoms with Gasteiger partial charge in [0, 0.05) is 78.5 Å². The third-order valence-corrected chi connectivity index (χ3v) is 26.2. The Kier molecular flexibility index (Phi) is 18.5. The van der Waals surface area contributed by atoms with Crippen LogP contribution in [0.15, 0.2) is 346 Å². The van der Waals surface area contributed by atoms with Gasteiger partial charge in [-0.05, 0) is 199 Å². The lowest BCUT2D eigenvalue weighted by atomic mass is 9.87. The number of hydrogen-bond acceptors (Lipinski definition) is 6. The molecule has 4 aromatic heterocycles. The zero-order chi connectivity index (χ0) is 82.7. The molecule has 16 bridgehead atoms. The van der Waals surface area contributed by atoms with Crippen LogP contribution in [0.3, 0.4) is 0 Å². The Morgan fingerprint density at radius 2 is 0.598 bits per heavy atom. The second kappa shape index (κ2) is 30.3. The predicted octanol–water partition coefficient (Wildman–Crippen LogP) is 25.9. The highest BCUT2D eigenvalue weighted by atomic mass is 16.1. The summed E-state index contributed by atoms with van der Waals surface area (Å²) in [5.74, 6) is -0.143. The summed E-state index contributed by atoms with van der Waals surface area (Å²) in [5.41, 5.74) is 38.9. The number of carbonyl (C=O) groups is 2. The number of H-pyrrole nitrogens is 4. The van der Waals surface area contributed by atoms with Crippen LogP contribution in [0.1, 0.15) is 165 Å². The number of nitrogens with one attached hydrogen (secondary N) is 6. The molecule has 0 amide bonds. The van der Waals surface area contributed by atoms with Crippen LogP contribution in [0, 0.1) is 13.8 Å². The minimum atomic E-state index is -0.771. The van der Waals surface area contributed by atoms with Crippen LogP contribution in [-0.2, 0) is 12.8 Å². The Labute approximate surface area is 710 Å². The smallest absolute Gasteiger partial charge is 0.206 e. The van der Waals surface area contributed by atoms with Gasteiger partial charge in [-0.3, -0.25) is 9.59 Å². The highest BCUT2D eigenvalue weighted by Crippen LogP contribution is 2.53. The SMILES string of the molecule is CCC1=C(C)C2=C(c3cccc4cc5cccc(C6=C7NC(C(=O)c8[nH]c(c(-c9ccccc9)c8-c8ccccc8)C8=NC(=Cc9[nH]c6c(C)c9CC)C(c6ccccc6)=C8c6ccccc6)C(CC)=C7C)c5cc34)c3[nH]c(c(CC)c3C)C=C3N=C(C(c4ccccc4)=C3c3ccccc3)c3[nH]c(c(-c4ccccc4)c3-c3ccccc3)C(=O)C1N2. The van der Waals surface area contributed by atoms with Gasteiger partial charge in [-0.2, -0.15) is 0 Å². The largest absolute Gasteiger partial charge is 0.371 e. The van der Waals surface area contributed by atoms with Gasteiger partial charge < -0.3 is 30.6 Å². The van der Waals surface area contributed by atoms with Crippen LogP contribution in [0.5, 0.6) is 0 Å². The molecule has 0 saturated heterocycles. The molecule has 0 aliphatic carbocycles. The van der Waals surface area contributed by atoms with E-state index in [0.29, 0.717) is 37.1 Å². The van der Waals surface area contributed by atoms with Gasteiger partial charge in [-0.15, -0.1) is 0 Å². The summed E-state index contributed by atoms with van der Waals surface area (Å²) >= 11 is 0. The number of hydrogen-bond donors (Lipinski definition) is 6. The third-order valence-electron chi connectivity index (χ3n) is 26.2. The number of fused-ring (bicyclic) bond motifs is 18. The Hall–Kier alpha value is -14.7. The normalized spacial score (nSPS) is 16.3. The van der Waals surface area contributed by atoms with Gasteiger partial charge >= 0.3 is 0 Å². The van der Waals surface area contributed by atoms with E-state index in [1.54, 1.807) is 0 Å². The average molecular weight is 1580 g/mol. The fourth-order valence-corrected chi connectivity index (χ4v) is 20.5. The molecule has 6 N–H and O–H groups in total. The van der Waals surface area contributed by atoms with Crippen LogP contribution in [-0.4, -0.2) is 55.0 Å². The van der Waals surface area contributed by atoms with Crippen molar-refractivity contribution in [3.8, 4) is 44.5 Å². The summed E-state index contributed by atoms with van der Waals surface area (Å²) in [6, 6.07) is 101. The molecule has 0 saturated carbocycles. The van der Waals surface area contributed by atoms with Crippen molar-refractivity contribution < 1.29 is 9.59 Å². The van der Waals surface area contributed by atoms with E-state index in [4.69, 9.17) is 9.98 Å². The highest BCUT2D eigenvalue weighted by molar-refractivity contribution is 6.44. The third kappa shape index (κ3) is 12.0. The monoisotopic (exact) mass is 1580 g/mol. The number of aromatic amines is 4. The van der Waals surface area contributed by atoms with E-state index in [1.807, 2.05) is 12.1 Å². The van der Waals surface area contributed by atoms with E-state index >= 15 is 9.59 Å². The van der Waals surface area contributed by atoms with Gasteiger partial charge in [0.05, 0.1) is 57.0 Å². The van der Waals surface area contributed by atoms with E-state index in [2.05, 4.69) is 377 Å². The number of allylic oxidation sites excluding steroid dienone is 6. The maximum Gasteiger partial charge on any atom is 0.206 e. The summed E-state index contributed by atoms with van der Waals surface area (Å²) in [7, 11) is 0. The second-order valence-electron chi connectivity index (χ2n) is 32.7. The fourth-order valence-electron chi connectivity index (χ4n) is 20.5. The molecule has 21 rings (SSSR count). The molecule has 122 heavy (non-hydrogen) atoms. The lowest BCUT2D eigenvalue weighted by Crippen LogP contribution is -2.34. The van der Waals surface area contributed by atoms with Crippen LogP contribution < -0.4 is 10.6 Å². The lowest BCUT2D eigenvalue weighted by Gasteiger charge is -2.21. The van der Waals surface area contributed by atoms with Crippen molar-refractivity contribution in [2.24, 2.45) is 9.98 Å². The molecule has 6 aliphatic heterocycles. The Morgan fingerprint density at radius 3 is 0.910 bits per heavy atom. The van der Waals surface area contributed by atoms with Crippen LogP contribution in [0.4, 0.5) is 0 Å². The van der Waals surface area contributed by atoms with Crippen molar-refractivity contribution in [2.75, 3.05) is 0 Å². The molecule has 11 aromatic carbocycles. The molecular weight excluding hydrogens is 1490 g/mol. The highest BCUT2D eigenvalue weighted by Gasteiger charge is 2.44. The number of Topliss-reactive ketones (excluding diaryl/α,β-unsaturated/α-hetero) is 2. The molecule has 2 unspecified atom stereocenters. The van der Waals surface area contributed by atoms with Crippen molar-refractivity contribution >= 4 is 90.1 Å². The van der Waals surface area contributed by atoms with Crippen molar-refractivity contribution in [3.05, 3.63) is 437 Å². The molecular formula is C112H90N8O2. The summed E-state index contributed by atoms with van der Waals surface area (Å²) in [5, 5.41) is 12.4. The molecule has 0 fully saturated rings. The molecule has 10 heterocycles. The minimum Gasteiger partial charge on any atom is -0.371 e. The van der Waals surface area contributed by atoms with Gasteiger partial charge in [-0.25, -0.2) is 9.98 Å². The molecule has 10 heteroatoms. The van der Waals surface area contributed by atoms with E-state index in [0.717, 1.165) is 246 Å². The maximum absolute atomic E-state index is 17.1. The average Bonchev–Trinajstić information content (AvgIpc) is 1.54. The maximum atomic E-state index is 17.1. The minimum absolute atomic E-state index is 0.0715. The first-order valence-corrected chi connectivity index (χ1v) is 42.9. The topological polar surface area (TPSA) is 146 Å². The predicted molar refractivity (Wildman–Crippen MR) is 504 cm³/mol. The number of rotatable bonds is 14. The Morgan fingerprint density at radius 1 is 0.295 bits per heavy atom. The van der Waals surface area contributed by atoms with Crippen molar-refractivity contribution in [1.82, 2.24) is 30.6 Å². The molecule has 0 spiro atoms. The zero-order valence-corrected chi connectivity index (χ0v) is 69.6. The quantitative estimate of drug-likeness (QED) is 0.0602. The molecule has 0 radical (unpaired) electrons. The van der Waals surface area contributed by atoms with Crippen molar-refractivity contribution in [3.63, 3.8) is 0 Å². The van der Waals surface area contributed by atoms with Crippen LogP contribution >= 0.6 is 0 Å². The summed E-state index contributed by atoms with van der Waals surface area (Å²) in [4.78, 5) is 62.4. The molecule has 6 aliphatic rings. The molecule has 15 aromatic rings. The number of ketones is 2. The van der Waals surface area contributed by atoms with Gasteiger partial charge in [0.2, 0.25) is 11.6 Å². The van der Waals surface area contributed by atoms with Crippen molar-refractivity contribution in [2.45, 2.75) is 93.2 Å². The standard InChI is InChI=1S/C112H90N8O2/c1-9-77-63(5)99-97(101-65(7)79(11-3)103(117-101)111(121)109-95(73-51-33-19-34-52-73)93(71-47-29-17-30-48-71)107(119-109)105-91(69-43-25-15-26-44-69)89(67-39-21-13-22-40-67)87(115-105)61-85(77)113-99)81-57-37-55-75-59-76-56-38-58-82(84(76)60-83(75)81)98-100-64(6)78(10-2)86(114-100)62-88-90(68-41-23-14-24-42-68)92(70-45-27-16-28-46-70)106(116-88)108-94(72-49-31-18-32-50-72)96(74-53-35-20-36-54-74)110(120-108)112(122)104-80(12-4)66(8)102(98)118-104/h13-62,103-104,113-114,117-120H,9-12H2,1-8H3. The number of nitrogens with zero attached hydrogens (tertiary/aromatic N) is 2. The summed E-state index contributed by atoms with van der Waals surface area (Å²) < 4.78 is 0. The summed E-state index contributed by atoms with van der Waals surface area (Å²) in [6.45, 7) is 17.8. The first-order valence-electron chi connectivity index (χ1n) is 42.9. The molecule has 10 nitrogen and oxygen atoms in total. The van der Waals surface area contributed by atoms with Gasteiger partial charge in [0.25, 0.3) is 0 Å². The number of carbonyl (C=O) groups excluding carboxylic acids is 2. The second-order valence-corrected chi connectivity index (χ2v) is 32.7. The van der Waals surface area contributed by atoms with Gasteiger partial charge in [0.1, 0.15) is 12.1 Å². The molecule has 2 atom stereocenters. The number of aromatic nitrogens is 4. The van der Waals surface area contributed by atoms with Crippen molar-refractivity contribution in [1.29, 1.82) is 0 Å². The Balaban J connectivity index is 0.831. The lowest BCUT2D eigenvalue weighted by molar-refractivity contribution is 0.0954. The van der Waals surface area contributed by atoms with E-state index in [9.17, 15) is 0 Å². The fraction of sp³-hybridized carbons (Fsp3) is 0.125. The number of benzene rings is 11. The molecule has 590 valence electrons. The number of aliphatic imine (C=N–C) groups is 2. The van der Waals surface area contributed by atoms with Gasteiger partial charge in [0.15, 0.2) is 0 Å².